The van der Waals surface area contributed by atoms with Gasteiger partial charge in [-0.15, -0.1) is 10.2 Å². The summed E-state index contributed by atoms with van der Waals surface area (Å²) in [5, 5.41) is 11.3. The van der Waals surface area contributed by atoms with Crippen LogP contribution in [0.4, 0.5) is 0 Å². The van der Waals surface area contributed by atoms with Crippen LogP contribution in [0, 0.1) is 11.8 Å². The van der Waals surface area contributed by atoms with Gasteiger partial charge in [0.25, 0.3) is 5.91 Å². The molecule has 0 spiro atoms. The van der Waals surface area contributed by atoms with Crippen molar-refractivity contribution in [2.24, 2.45) is 11.8 Å². The molecule has 4 heterocycles. The van der Waals surface area contributed by atoms with Crippen molar-refractivity contribution in [3.05, 3.63) is 41.7 Å². The van der Waals surface area contributed by atoms with Crippen molar-refractivity contribution >= 4 is 5.91 Å². The Bertz CT molecular complexity index is 756. The molecule has 2 aromatic heterocycles. The van der Waals surface area contributed by atoms with Crippen LogP contribution in [0.1, 0.15) is 36.0 Å². The molecule has 1 fully saturated rings. The molecule has 7 heteroatoms. The second kappa shape index (κ2) is 6.55. The number of pyridine rings is 1. The Morgan fingerprint density at radius 3 is 2.84 bits per heavy atom. The first kappa shape index (κ1) is 16.2. The number of carbonyl (C=O) groups is 1. The zero-order valence-electron chi connectivity index (χ0n) is 14.7. The molecule has 0 unspecified atom stereocenters. The molecule has 25 heavy (non-hydrogen) atoms. The third kappa shape index (κ3) is 3.28. The lowest BCUT2D eigenvalue weighted by Crippen LogP contribution is -2.35. The molecule has 2 aliphatic rings. The summed E-state index contributed by atoms with van der Waals surface area (Å²) in [5.74, 6) is 2.38. The Morgan fingerprint density at radius 1 is 1.24 bits per heavy atom. The molecule has 0 aromatic carbocycles. The van der Waals surface area contributed by atoms with Gasteiger partial charge >= 0.3 is 0 Å². The molecular formula is C18H24N6O. The Kier molecular flexibility index (Phi) is 4.25. The van der Waals surface area contributed by atoms with E-state index < -0.39 is 0 Å². The molecule has 1 N–H and O–H groups in total. The van der Waals surface area contributed by atoms with E-state index in [4.69, 9.17) is 0 Å². The van der Waals surface area contributed by atoms with E-state index in [-0.39, 0.29) is 11.9 Å². The van der Waals surface area contributed by atoms with Gasteiger partial charge in [0.2, 0.25) is 5.82 Å². The van der Waals surface area contributed by atoms with Crippen LogP contribution >= 0.6 is 0 Å². The Morgan fingerprint density at radius 2 is 2.08 bits per heavy atom. The SMILES string of the molecule is CC(C)NC(=O)c1nnc2n1C[C@@H]1CN(Cc3ccccn3)C[C@@H]1C2. The number of likely N-dealkylation sites (tertiary alicyclic amines) is 1. The number of nitrogens with one attached hydrogen (secondary N) is 1. The Balaban J connectivity index is 1.45. The predicted molar refractivity (Wildman–Crippen MR) is 92.8 cm³/mol. The minimum absolute atomic E-state index is 0.0946. The molecule has 1 amide bonds. The van der Waals surface area contributed by atoms with E-state index in [1.165, 1.54) is 0 Å². The standard InChI is InChI=1S/C18H24N6O/c1-12(2)20-18(25)17-22-21-16-7-13-8-23(9-14(13)10-24(16)17)11-15-5-3-4-6-19-15/h3-6,12-14H,7-11H2,1-2H3,(H,20,25)/t13-,14-/m0/s1. The van der Waals surface area contributed by atoms with E-state index in [1.54, 1.807) is 0 Å². The molecule has 0 bridgehead atoms. The van der Waals surface area contributed by atoms with Gasteiger partial charge in [0, 0.05) is 44.8 Å². The normalized spacial score (nSPS) is 22.7. The van der Waals surface area contributed by atoms with Crippen molar-refractivity contribution in [2.75, 3.05) is 13.1 Å². The summed E-state index contributed by atoms with van der Waals surface area (Å²) in [4.78, 5) is 19.2. The van der Waals surface area contributed by atoms with Crippen LogP contribution in [-0.2, 0) is 19.5 Å². The van der Waals surface area contributed by atoms with Gasteiger partial charge in [-0.1, -0.05) is 6.07 Å². The van der Waals surface area contributed by atoms with Crippen LogP contribution in [0.2, 0.25) is 0 Å². The van der Waals surface area contributed by atoms with E-state index in [0.29, 0.717) is 17.7 Å². The van der Waals surface area contributed by atoms with E-state index >= 15 is 0 Å². The Labute approximate surface area is 147 Å². The highest BCUT2D eigenvalue weighted by Gasteiger charge is 2.39. The van der Waals surface area contributed by atoms with Gasteiger partial charge in [-0.25, -0.2) is 0 Å². The molecule has 1 saturated heterocycles. The number of rotatable bonds is 4. The summed E-state index contributed by atoms with van der Waals surface area (Å²) in [6.45, 7) is 7.70. The number of fused-ring (bicyclic) bond motifs is 2. The lowest BCUT2D eigenvalue weighted by atomic mass is 9.89. The predicted octanol–water partition coefficient (Wildman–Crippen LogP) is 1.12. The first-order valence-corrected chi connectivity index (χ1v) is 8.95. The number of hydrogen-bond acceptors (Lipinski definition) is 5. The van der Waals surface area contributed by atoms with Crippen LogP contribution in [0.5, 0.6) is 0 Å². The molecule has 0 radical (unpaired) electrons. The van der Waals surface area contributed by atoms with E-state index in [1.807, 2.05) is 36.7 Å². The monoisotopic (exact) mass is 340 g/mol. The van der Waals surface area contributed by atoms with Crippen LogP contribution in [0.3, 0.4) is 0 Å². The quantitative estimate of drug-likeness (QED) is 0.902. The summed E-state index contributed by atoms with van der Waals surface area (Å²) in [6.07, 6.45) is 2.74. The highest BCUT2D eigenvalue weighted by molar-refractivity contribution is 5.90. The summed E-state index contributed by atoms with van der Waals surface area (Å²) in [7, 11) is 0. The molecule has 0 saturated carbocycles. The van der Waals surface area contributed by atoms with Gasteiger partial charge in [0.15, 0.2) is 0 Å². The Hall–Kier alpha value is -2.28. The molecule has 2 atom stereocenters. The molecule has 0 aliphatic carbocycles. The number of nitrogens with zero attached hydrogens (tertiary/aromatic N) is 5. The van der Waals surface area contributed by atoms with Crippen LogP contribution in [0.25, 0.3) is 0 Å². The van der Waals surface area contributed by atoms with Crippen LogP contribution in [0.15, 0.2) is 24.4 Å². The summed E-state index contributed by atoms with van der Waals surface area (Å²) < 4.78 is 2.02. The van der Waals surface area contributed by atoms with Crippen LogP contribution < -0.4 is 5.32 Å². The van der Waals surface area contributed by atoms with Crippen molar-refractivity contribution < 1.29 is 4.79 Å². The topological polar surface area (TPSA) is 75.9 Å². The van der Waals surface area contributed by atoms with Crippen molar-refractivity contribution in [1.82, 2.24) is 30.0 Å². The number of carbonyl (C=O) groups excluding carboxylic acids is 1. The van der Waals surface area contributed by atoms with Crippen molar-refractivity contribution in [3.63, 3.8) is 0 Å². The molecule has 132 valence electrons. The van der Waals surface area contributed by atoms with E-state index in [2.05, 4.69) is 31.5 Å². The van der Waals surface area contributed by atoms with Crippen LogP contribution in [-0.4, -0.2) is 49.7 Å². The van der Waals surface area contributed by atoms with Gasteiger partial charge in [0.05, 0.1) is 5.69 Å². The second-order valence-corrected chi connectivity index (χ2v) is 7.42. The fourth-order valence-electron chi connectivity index (χ4n) is 3.97. The maximum atomic E-state index is 12.3. The number of aromatic nitrogens is 4. The summed E-state index contributed by atoms with van der Waals surface area (Å²) in [5.41, 5.74) is 1.11. The zero-order valence-corrected chi connectivity index (χ0v) is 14.7. The zero-order chi connectivity index (χ0) is 17.4. The molecular weight excluding hydrogens is 316 g/mol. The molecule has 2 aromatic rings. The lowest BCUT2D eigenvalue weighted by Gasteiger charge is -2.25. The van der Waals surface area contributed by atoms with Crippen molar-refractivity contribution in [3.8, 4) is 0 Å². The minimum atomic E-state index is -0.129. The number of hydrogen-bond donors (Lipinski definition) is 1. The highest BCUT2D eigenvalue weighted by Crippen LogP contribution is 2.33. The first-order chi connectivity index (χ1) is 12.1. The smallest absolute Gasteiger partial charge is 0.289 e. The fraction of sp³-hybridized carbons (Fsp3) is 0.556. The lowest BCUT2D eigenvalue weighted by molar-refractivity contribution is 0.0924. The van der Waals surface area contributed by atoms with Crippen molar-refractivity contribution in [2.45, 2.75) is 39.4 Å². The van der Waals surface area contributed by atoms with Gasteiger partial charge in [0.1, 0.15) is 5.82 Å². The maximum absolute atomic E-state index is 12.3. The number of amides is 1. The molecule has 7 nitrogen and oxygen atoms in total. The van der Waals surface area contributed by atoms with Crippen molar-refractivity contribution in [1.29, 1.82) is 0 Å². The summed E-state index contributed by atoms with van der Waals surface area (Å²) >= 11 is 0. The van der Waals surface area contributed by atoms with Gasteiger partial charge in [-0.3, -0.25) is 14.7 Å². The third-order valence-corrected chi connectivity index (χ3v) is 5.08. The molecule has 2 aliphatic heterocycles. The second-order valence-electron chi connectivity index (χ2n) is 7.42. The maximum Gasteiger partial charge on any atom is 0.289 e. The third-order valence-electron chi connectivity index (χ3n) is 5.08. The van der Waals surface area contributed by atoms with Gasteiger partial charge < -0.3 is 9.88 Å². The van der Waals surface area contributed by atoms with Gasteiger partial charge in [-0.05, 0) is 37.8 Å². The minimum Gasteiger partial charge on any atom is -0.347 e. The fourth-order valence-corrected chi connectivity index (χ4v) is 3.97. The first-order valence-electron chi connectivity index (χ1n) is 8.95. The van der Waals surface area contributed by atoms with E-state index in [0.717, 1.165) is 44.1 Å². The average molecular weight is 340 g/mol. The molecule has 4 rings (SSSR count). The van der Waals surface area contributed by atoms with Gasteiger partial charge in [-0.2, -0.15) is 0 Å². The van der Waals surface area contributed by atoms with E-state index in [9.17, 15) is 4.79 Å². The highest BCUT2D eigenvalue weighted by atomic mass is 16.2. The summed E-state index contributed by atoms with van der Waals surface area (Å²) in [6, 6.07) is 6.15. The average Bonchev–Trinajstić information content (AvgIpc) is 3.15. The largest absolute Gasteiger partial charge is 0.347 e.